The van der Waals surface area contributed by atoms with Crippen LogP contribution < -0.4 is 18.3 Å². The predicted octanol–water partition coefficient (Wildman–Crippen LogP) is 27.6. The molecule has 4 heteroatoms. The number of pyridine rings is 4. The number of hydrogen-bond acceptors (Lipinski definition) is 0. The van der Waals surface area contributed by atoms with Crippen LogP contribution >= 0.6 is 0 Å². The van der Waals surface area contributed by atoms with Gasteiger partial charge in [0.05, 0.1) is 0 Å². The van der Waals surface area contributed by atoms with Gasteiger partial charge in [0.2, 0.25) is 22.8 Å². The highest BCUT2D eigenvalue weighted by Gasteiger charge is 2.29. The lowest BCUT2D eigenvalue weighted by Crippen LogP contribution is -2.33. The van der Waals surface area contributed by atoms with Gasteiger partial charge in [0.1, 0.15) is 28.2 Å². The summed E-state index contributed by atoms with van der Waals surface area (Å²) in [7, 11) is 7.90. The molecular weight excluding hydrogens is 1390 g/mol. The largest absolute Gasteiger partial charge is 0.212 e. The molecule has 0 radical (unpaired) electrons. The van der Waals surface area contributed by atoms with Crippen LogP contribution in [0.3, 0.4) is 0 Å². The van der Waals surface area contributed by atoms with E-state index in [9.17, 15) is 0 Å². The van der Waals surface area contributed by atoms with Crippen LogP contribution in [0, 0.1) is 102 Å². The van der Waals surface area contributed by atoms with Crippen molar-refractivity contribution in [3.8, 4) is 89.5 Å². The average Bonchev–Trinajstić information content (AvgIpc) is 0.739. The molecule has 0 atom stereocenters. The van der Waals surface area contributed by atoms with Crippen LogP contribution in [0.4, 0.5) is 0 Å². The SMILES string of the molecule is Cc1c[n+](C)c(-c2cc(-c3ccccc3)c(C)cc2C)cc1CC(C)(C)C.Cc1cc(C)c(-c2cc(CC(C)(C)C)c(CC(C)(C)C)c[n+]2C)cc1-c1ccccc1.[2H]C([2H])([2H])c1cc(C)c(-c2cc(C([2H])([2H])C(C)(C)C)c(C([2H])([2H])[2H])c[n+]2C)cc1-c1ccccc1.[2H]C([2H])([2H])c1cc(C)c(-c2cc(C([2H])([2H])C(C)C)c(C([2H])([2H])C(C)(C)C)c[n+]2C)cc1-c1ccccc1. The van der Waals surface area contributed by atoms with E-state index >= 15 is 0 Å². The third-order valence-electron chi connectivity index (χ3n) is 20.5. The minimum Gasteiger partial charge on any atom is -0.201 e. The van der Waals surface area contributed by atoms with Crippen LogP contribution in [-0.4, -0.2) is 0 Å². The molecular formula is C111H142N4+4. The van der Waals surface area contributed by atoms with Crippen molar-refractivity contribution < 1.29 is 38.8 Å². The Hall–Kier alpha value is -9.64. The van der Waals surface area contributed by atoms with Gasteiger partial charge in [-0.15, -0.1) is 0 Å². The Morgan fingerprint density at radius 2 is 0.522 bits per heavy atom. The number of aromatic nitrogens is 4. The maximum absolute atomic E-state index is 8.96. The lowest BCUT2D eigenvalue weighted by Gasteiger charge is -2.24. The lowest BCUT2D eigenvalue weighted by atomic mass is 9.81. The van der Waals surface area contributed by atoms with E-state index < -0.39 is 50.5 Å². The number of nitrogens with zero attached hydrogens (tertiary/aromatic N) is 4. The van der Waals surface area contributed by atoms with Gasteiger partial charge >= 0.3 is 0 Å². The Morgan fingerprint density at radius 1 is 0.261 bits per heavy atom. The summed E-state index contributed by atoms with van der Waals surface area (Å²) in [5.41, 5.74) is 28.8. The normalized spacial score (nSPS) is 14.5. The van der Waals surface area contributed by atoms with Crippen molar-refractivity contribution in [3.05, 3.63) is 308 Å². The van der Waals surface area contributed by atoms with E-state index in [1.165, 1.54) is 95.5 Å². The molecule has 0 N–H and O–H groups in total. The second-order valence-electron chi connectivity index (χ2n) is 38.1. The second kappa shape index (κ2) is 37.1. The zero-order valence-electron chi connectivity index (χ0n) is 89.8. The first kappa shape index (κ1) is 69.6. The van der Waals surface area contributed by atoms with Gasteiger partial charge in [-0.2, -0.15) is 0 Å². The van der Waals surface area contributed by atoms with Crippen molar-refractivity contribution in [3.63, 3.8) is 0 Å². The van der Waals surface area contributed by atoms with Gasteiger partial charge in [-0.05, 0) is 276 Å². The van der Waals surface area contributed by atoms with E-state index in [2.05, 4.69) is 230 Å². The summed E-state index contributed by atoms with van der Waals surface area (Å²) in [4.78, 5) is 0. The standard InChI is InChI=1S/C30H40N.C29H38N.2C26H32N/c1-21-15-22(2)27(17-26(21)23-13-11-10-12-14-23)28-16-24(18-29(3,4)5)25(20-31(28)9)19-30(6,7)8;1-20(2)14-24-16-28(30(8)19-25(24)18-29(5,6)7)27-17-26(21(3)15-22(27)4)23-12-10-9-11-13-23;2*1-18-13-19(2)24(15-23(18)21-11-9-8-10-12-21)25-14-22(16-26(4,5)6)20(3)17-27(25)7/h10-17,20H,18-19H2,1-9H3;9-13,15-17,19-20H,14,18H2,1-8H3;2*8-15,17H,16H2,1-7H3/q4*+1/i;3D3,14D2,18D2;1D3,3D3,16D2;. The first-order valence-corrected chi connectivity index (χ1v) is 41.0. The van der Waals surface area contributed by atoms with Crippen molar-refractivity contribution in [1.82, 2.24) is 0 Å². The highest BCUT2D eigenvalue weighted by atomic mass is 14.9. The summed E-state index contributed by atoms with van der Waals surface area (Å²) in [6.45, 7) is 42.9. The van der Waals surface area contributed by atoms with Gasteiger partial charge in [0.25, 0.3) is 0 Å². The average molecular weight is 1550 g/mol. The van der Waals surface area contributed by atoms with Crippen LogP contribution in [0.15, 0.2) is 219 Å². The molecule has 0 aliphatic heterocycles. The van der Waals surface area contributed by atoms with Gasteiger partial charge in [-0.25, -0.2) is 18.3 Å². The minimum atomic E-state index is -2.50. The molecule has 0 aliphatic carbocycles. The summed E-state index contributed by atoms with van der Waals surface area (Å²) < 4.78 is 134. The third kappa shape index (κ3) is 24.5. The maximum Gasteiger partial charge on any atom is 0.212 e. The van der Waals surface area contributed by atoms with E-state index in [1.54, 1.807) is 76.7 Å². The molecule has 8 aromatic carbocycles. The molecule has 0 spiro atoms. The number of hydrogen-bond donors (Lipinski definition) is 0. The Labute approximate surface area is 719 Å². The summed E-state index contributed by atoms with van der Waals surface area (Å²) in [6.07, 6.45) is 5.58. The smallest absolute Gasteiger partial charge is 0.201 e. The van der Waals surface area contributed by atoms with Gasteiger partial charge in [0.15, 0.2) is 24.8 Å². The third-order valence-corrected chi connectivity index (χ3v) is 20.5. The monoisotopic (exact) mass is 1550 g/mol. The molecule has 0 unspecified atom stereocenters. The fourth-order valence-electron chi connectivity index (χ4n) is 15.4. The van der Waals surface area contributed by atoms with E-state index in [0.29, 0.717) is 44.8 Å². The molecule has 0 fully saturated rings. The molecule has 4 aromatic heterocycles. The van der Waals surface area contributed by atoms with Gasteiger partial charge in [0, 0.05) is 89.3 Å². The van der Waals surface area contributed by atoms with Gasteiger partial charge in [-0.1, -0.05) is 263 Å². The lowest BCUT2D eigenvalue weighted by molar-refractivity contribution is -0.661. The summed E-state index contributed by atoms with van der Waals surface area (Å²) in [5, 5.41) is 0. The number of rotatable bonds is 15. The molecule has 12 rings (SSSR count). The van der Waals surface area contributed by atoms with Crippen LogP contribution in [0.1, 0.15) is 227 Å². The number of benzene rings is 8. The summed E-state index contributed by atoms with van der Waals surface area (Å²) in [6, 6.07) is 64.8. The predicted molar refractivity (Wildman–Crippen MR) is 496 cm³/mol. The Morgan fingerprint density at radius 3 is 0.852 bits per heavy atom. The fourth-order valence-corrected chi connectivity index (χ4v) is 15.4. The molecule has 12 aromatic rings. The zero-order valence-corrected chi connectivity index (χ0v) is 74.8. The van der Waals surface area contributed by atoms with Gasteiger partial charge < -0.3 is 0 Å². The van der Waals surface area contributed by atoms with Crippen LogP contribution in [-0.2, 0) is 66.6 Å². The molecule has 0 saturated carbocycles. The van der Waals surface area contributed by atoms with Crippen molar-refractivity contribution in [2.45, 2.75) is 225 Å². The van der Waals surface area contributed by atoms with Crippen molar-refractivity contribution in [1.29, 1.82) is 0 Å². The number of aryl methyl sites for hydroxylation is 14. The minimum absolute atomic E-state index is 0.0382. The molecule has 4 heterocycles. The van der Waals surface area contributed by atoms with E-state index in [-0.39, 0.29) is 44.4 Å². The molecule has 115 heavy (non-hydrogen) atoms. The molecule has 0 bridgehead atoms. The van der Waals surface area contributed by atoms with Crippen molar-refractivity contribution in [2.24, 2.45) is 61.2 Å². The van der Waals surface area contributed by atoms with Crippen LogP contribution in [0.5, 0.6) is 0 Å². The van der Waals surface area contributed by atoms with E-state index in [1.807, 2.05) is 119 Å². The van der Waals surface area contributed by atoms with Crippen molar-refractivity contribution >= 4 is 0 Å². The molecule has 4 nitrogen and oxygen atoms in total. The highest BCUT2D eigenvalue weighted by molar-refractivity contribution is 5.80. The first-order valence-electron chi connectivity index (χ1n) is 48.5. The van der Waals surface area contributed by atoms with Crippen LogP contribution in [0.2, 0.25) is 0 Å². The van der Waals surface area contributed by atoms with Crippen molar-refractivity contribution in [2.75, 3.05) is 0 Å². The highest BCUT2D eigenvalue weighted by Crippen LogP contribution is 2.40. The first-order chi connectivity index (χ1) is 59.6. The Kier molecular flexibility index (Phi) is 22.5. The van der Waals surface area contributed by atoms with E-state index in [0.717, 1.165) is 41.5 Å². The van der Waals surface area contributed by atoms with E-state index in [4.69, 9.17) is 20.6 Å². The Bertz CT molecular complexity index is 6020. The summed E-state index contributed by atoms with van der Waals surface area (Å²) in [5.74, 6) is -0.388. The Balaban J connectivity index is 0.000000196. The fraction of sp³-hybridized carbons (Fsp3) is 0.387. The quantitative estimate of drug-likeness (QED) is 0.0909. The second-order valence-corrected chi connectivity index (χ2v) is 38.1. The maximum atomic E-state index is 8.96. The zero-order chi connectivity index (χ0) is 97.4. The topological polar surface area (TPSA) is 15.5 Å². The molecule has 0 saturated heterocycles. The summed E-state index contributed by atoms with van der Waals surface area (Å²) >= 11 is 0. The van der Waals surface area contributed by atoms with Crippen LogP contribution in [0.25, 0.3) is 89.5 Å². The molecule has 0 aliphatic rings. The molecule has 602 valence electrons. The van der Waals surface area contributed by atoms with Gasteiger partial charge in [-0.3, -0.25) is 0 Å². The molecule has 0 amide bonds.